The van der Waals surface area contributed by atoms with E-state index in [0.29, 0.717) is 37.0 Å². The molecule has 30 heavy (non-hydrogen) atoms. The van der Waals surface area contributed by atoms with Crippen LogP contribution in [0, 0.1) is 0 Å². The van der Waals surface area contributed by atoms with Gasteiger partial charge in [0, 0.05) is 36.8 Å². The van der Waals surface area contributed by atoms with Crippen molar-refractivity contribution in [2.24, 2.45) is 0 Å². The fourth-order valence-corrected chi connectivity index (χ4v) is 4.31. The van der Waals surface area contributed by atoms with Crippen LogP contribution >= 0.6 is 11.3 Å². The van der Waals surface area contributed by atoms with Crippen LogP contribution in [0.5, 0.6) is 17.2 Å². The van der Waals surface area contributed by atoms with E-state index in [1.54, 1.807) is 44.8 Å². The Morgan fingerprint density at radius 3 is 2.43 bits per heavy atom. The molecule has 1 saturated heterocycles. The molecule has 0 aliphatic carbocycles. The normalized spacial score (nSPS) is 14.6. The SMILES string of the molecule is COc1cc(/C=C/C(=O)N(CCc2cccs2)C2CCOCC2)cc(OC)c1OC. The summed E-state index contributed by atoms with van der Waals surface area (Å²) in [5.74, 6) is 1.65. The molecule has 0 radical (unpaired) electrons. The van der Waals surface area contributed by atoms with E-state index in [1.807, 2.05) is 23.1 Å². The van der Waals surface area contributed by atoms with Crippen LogP contribution in [0.15, 0.2) is 35.7 Å². The van der Waals surface area contributed by atoms with E-state index in [1.165, 1.54) is 4.88 Å². The fraction of sp³-hybridized carbons (Fsp3) is 0.435. The molecule has 1 aromatic heterocycles. The maximum atomic E-state index is 13.1. The van der Waals surface area contributed by atoms with Crippen LogP contribution < -0.4 is 14.2 Å². The first-order valence-electron chi connectivity index (χ1n) is 10.0. The Labute approximate surface area is 182 Å². The van der Waals surface area contributed by atoms with Crippen molar-refractivity contribution in [3.05, 3.63) is 46.2 Å². The Morgan fingerprint density at radius 1 is 1.17 bits per heavy atom. The van der Waals surface area contributed by atoms with E-state index in [2.05, 4.69) is 11.4 Å². The molecule has 2 heterocycles. The third-order valence-electron chi connectivity index (χ3n) is 5.20. The molecule has 7 heteroatoms. The Hall–Kier alpha value is -2.51. The number of nitrogens with zero attached hydrogens (tertiary/aromatic N) is 1. The lowest BCUT2D eigenvalue weighted by molar-refractivity contribution is -0.130. The van der Waals surface area contributed by atoms with Crippen LogP contribution in [0.3, 0.4) is 0 Å². The maximum absolute atomic E-state index is 13.1. The number of methoxy groups -OCH3 is 3. The zero-order valence-electron chi connectivity index (χ0n) is 17.8. The van der Waals surface area contributed by atoms with Crippen LogP contribution in [-0.4, -0.2) is 57.9 Å². The molecule has 0 atom stereocenters. The van der Waals surface area contributed by atoms with Crippen LogP contribution in [-0.2, 0) is 16.0 Å². The van der Waals surface area contributed by atoms with Gasteiger partial charge in [-0.15, -0.1) is 11.3 Å². The number of ether oxygens (including phenoxy) is 4. The summed E-state index contributed by atoms with van der Waals surface area (Å²) in [5, 5.41) is 2.07. The van der Waals surface area contributed by atoms with Crippen LogP contribution in [0.4, 0.5) is 0 Å². The van der Waals surface area contributed by atoms with Gasteiger partial charge < -0.3 is 23.8 Å². The summed E-state index contributed by atoms with van der Waals surface area (Å²) in [6.07, 6.45) is 6.02. The van der Waals surface area contributed by atoms with E-state index < -0.39 is 0 Å². The number of hydrogen-bond donors (Lipinski definition) is 0. The second kappa shape index (κ2) is 11.0. The molecule has 1 fully saturated rings. The van der Waals surface area contributed by atoms with Crippen LogP contribution in [0.1, 0.15) is 23.3 Å². The predicted octanol–water partition coefficient (Wildman–Crippen LogP) is 4.04. The van der Waals surface area contributed by atoms with Crippen molar-refractivity contribution in [3.63, 3.8) is 0 Å². The minimum absolute atomic E-state index is 0.00667. The zero-order valence-corrected chi connectivity index (χ0v) is 18.6. The van der Waals surface area contributed by atoms with E-state index in [4.69, 9.17) is 18.9 Å². The molecule has 0 unspecified atom stereocenters. The molecule has 6 nitrogen and oxygen atoms in total. The number of carbonyl (C=O) groups is 1. The monoisotopic (exact) mass is 431 g/mol. The molecular weight excluding hydrogens is 402 g/mol. The Morgan fingerprint density at radius 2 is 1.87 bits per heavy atom. The van der Waals surface area contributed by atoms with E-state index >= 15 is 0 Å². The number of hydrogen-bond acceptors (Lipinski definition) is 6. The first kappa shape index (κ1) is 22.2. The summed E-state index contributed by atoms with van der Waals surface area (Å²) in [4.78, 5) is 16.4. The van der Waals surface area contributed by atoms with Crippen molar-refractivity contribution < 1.29 is 23.7 Å². The van der Waals surface area contributed by atoms with Crippen LogP contribution in [0.25, 0.3) is 6.08 Å². The lowest BCUT2D eigenvalue weighted by Gasteiger charge is -2.33. The Bertz CT molecular complexity index is 818. The molecule has 0 bridgehead atoms. The summed E-state index contributed by atoms with van der Waals surface area (Å²) in [6, 6.07) is 8.02. The summed E-state index contributed by atoms with van der Waals surface area (Å²) >= 11 is 1.72. The summed E-state index contributed by atoms with van der Waals surface area (Å²) in [5.41, 5.74) is 0.808. The molecule has 0 saturated carbocycles. The highest BCUT2D eigenvalue weighted by molar-refractivity contribution is 7.09. The van der Waals surface area contributed by atoms with Gasteiger partial charge in [0.2, 0.25) is 11.7 Å². The molecule has 0 N–H and O–H groups in total. The van der Waals surface area contributed by atoms with Gasteiger partial charge in [0.1, 0.15) is 0 Å². The van der Waals surface area contributed by atoms with Crippen molar-refractivity contribution in [3.8, 4) is 17.2 Å². The van der Waals surface area contributed by atoms with Gasteiger partial charge in [-0.05, 0) is 54.5 Å². The maximum Gasteiger partial charge on any atom is 0.246 e. The molecule has 162 valence electrons. The van der Waals surface area contributed by atoms with Crippen molar-refractivity contribution in [2.45, 2.75) is 25.3 Å². The van der Waals surface area contributed by atoms with Gasteiger partial charge in [-0.2, -0.15) is 0 Å². The topological polar surface area (TPSA) is 57.2 Å². The van der Waals surface area contributed by atoms with E-state index in [0.717, 1.165) is 24.8 Å². The zero-order chi connectivity index (χ0) is 21.3. The molecule has 0 spiro atoms. The standard InChI is InChI=1S/C23H29NO5S/c1-26-20-15-17(16-21(27-2)23(20)28-3)6-7-22(25)24(18-9-12-29-13-10-18)11-8-19-5-4-14-30-19/h4-7,14-16,18H,8-13H2,1-3H3/b7-6+. The van der Waals surface area contributed by atoms with Gasteiger partial charge in [-0.25, -0.2) is 0 Å². The third-order valence-corrected chi connectivity index (χ3v) is 6.14. The van der Waals surface area contributed by atoms with Crippen molar-refractivity contribution in [2.75, 3.05) is 41.1 Å². The molecule has 2 aromatic rings. The highest BCUT2D eigenvalue weighted by Gasteiger charge is 2.24. The number of thiophene rings is 1. The Balaban J connectivity index is 1.77. The average molecular weight is 432 g/mol. The number of benzene rings is 1. The second-order valence-corrected chi connectivity index (χ2v) is 8.03. The van der Waals surface area contributed by atoms with Gasteiger partial charge in [-0.3, -0.25) is 4.79 Å². The van der Waals surface area contributed by atoms with Crippen molar-refractivity contribution in [1.29, 1.82) is 0 Å². The smallest absolute Gasteiger partial charge is 0.246 e. The highest BCUT2D eigenvalue weighted by atomic mass is 32.1. The minimum atomic E-state index is 0.00667. The van der Waals surface area contributed by atoms with Gasteiger partial charge in [0.15, 0.2) is 11.5 Å². The fourth-order valence-electron chi connectivity index (χ4n) is 3.62. The average Bonchev–Trinajstić information content (AvgIpc) is 3.31. The van der Waals surface area contributed by atoms with Crippen molar-refractivity contribution in [1.82, 2.24) is 4.90 Å². The van der Waals surface area contributed by atoms with Gasteiger partial charge >= 0.3 is 0 Å². The lowest BCUT2D eigenvalue weighted by Crippen LogP contribution is -2.43. The molecular formula is C23H29NO5S. The third kappa shape index (κ3) is 5.55. The quantitative estimate of drug-likeness (QED) is 0.561. The molecule has 1 amide bonds. The number of carbonyl (C=O) groups excluding carboxylic acids is 1. The number of rotatable bonds is 9. The van der Waals surface area contributed by atoms with E-state index in [9.17, 15) is 4.79 Å². The minimum Gasteiger partial charge on any atom is -0.493 e. The predicted molar refractivity (Wildman–Crippen MR) is 119 cm³/mol. The number of amides is 1. The molecule has 3 rings (SSSR count). The van der Waals surface area contributed by atoms with Crippen molar-refractivity contribution >= 4 is 23.3 Å². The van der Waals surface area contributed by atoms with Crippen LogP contribution in [0.2, 0.25) is 0 Å². The van der Waals surface area contributed by atoms with Gasteiger partial charge in [0.25, 0.3) is 0 Å². The summed E-state index contributed by atoms with van der Waals surface area (Å²) < 4.78 is 21.7. The molecule has 1 aliphatic heterocycles. The Kier molecular flexibility index (Phi) is 8.16. The van der Waals surface area contributed by atoms with Gasteiger partial charge in [0.05, 0.1) is 21.3 Å². The van der Waals surface area contributed by atoms with E-state index in [-0.39, 0.29) is 11.9 Å². The summed E-state index contributed by atoms with van der Waals surface area (Å²) in [6.45, 7) is 2.09. The first-order valence-corrected chi connectivity index (χ1v) is 10.9. The highest BCUT2D eigenvalue weighted by Crippen LogP contribution is 2.38. The molecule has 1 aliphatic rings. The summed E-state index contributed by atoms with van der Waals surface area (Å²) in [7, 11) is 4.72. The first-order chi connectivity index (χ1) is 14.7. The lowest BCUT2D eigenvalue weighted by atomic mass is 10.1. The molecule has 1 aromatic carbocycles. The second-order valence-electron chi connectivity index (χ2n) is 7.00. The van der Waals surface area contributed by atoms with Gasteiger partial charge in [-0.1, -0.05) is 6.07 Å². The largest absolute Gasteiger partial charge is 0.493 e.